The molecule has 9 heavy (non-hydrogen) atoms. The molecular formula is C5H9NO3. The predicted octanol–water partition coefficient (Wildman–Crippen LogP) is -0.658. The van der Waals surface area contributed by atoms with E-state index in [4.69, 9.17) is 5.11 Å². The van der Waals surface area contributed by atoms with Gasteiger partial charge in [0.05, 0.1) is 0 Å². The van der Waals surface area contributed by atoms with E-state index in [1.807, 2.05) is 0 Å². The van der Waals surface area contributed by atoms with Gasteiger partial charge < -0.3 is 9.94 Å². The Morgan fingerprint density at radius 2 is 2.33 bits per heavy atom. The quantitative estimate of drug-likeness (QED) is 0.394. The standard InChI is InChI=1S/C5H9NO3/c1-4(2-3-7)5(8)9-6/h7H,1-3,6H2. The number of rotatable bonds is 3. The van der Waals surface area contributed by atoms with Crippen molar-refractivity contribution in [3.05, 3.63) is 12.2 Å². The van der Waals surface area contributed by atoms with Crippen LogP contribution < -0.4 is 5.90 Å². The predicted molar refractivity (Wildman–Crippen MR) is 31.1 cm³/mol. The van der Waals surface area contributed by atoms with Crippen molar-refractivity contribution >= 4 is 5.97 Å². The van der Waals surface area contributed by atoms with E-state index < -0.39 is 5.97 Å². The van der Waals surface area contributed by atoms with Crippen molar-refractivity contribution in [3.63, 3.8) is 0 Å². The lowest BCUT2D eigenvalue weighted by molar-refractivity contribution is -0.139. The monoisotopic (exact) mass is 131 g/mol. The Labute approximate surface area is 52.9 Å². The van der Waals surface area contributed by atoms with Gasteiger partial charge in [-0.15, -0.1) is 0 Å². The fraction of sp³-hybridized carbons (Fsp3) is 0.400. The molecule has 0 aliphatic rings. The van der Waals surface area contributed by atoms with Crippen LogP contribution in [0.15, 0.2) is 12.2 Å². The Hall–Kier alpha value is -0.870. The van der Waals surface area contributed by atoms with Crippen LogP contribution in [-0.2, 0) is 9.63 Å². The maximum absolute atomic E-state index is 10.3. The van der Waals surface area contributed by atoms with Gasteiger partial charge in [0.15, 0.2) is 0 Å². The molecule has 0 bridgehead atoms. The minimum absolute atomic E-state index is 0.117. The summed E-state index contributed by atoms with van der Waals surface area (Å²) in [7, 11) is 0. The molecule has 52 valence electrons. The molecule has 4 heteroatoms. The van der Waals surface area contributed by atoms with Crippen LogP contribution in [0.2, 0.25) is 0 Å². The number of nitrogens with two attached hydrogens (primary N) is 1. The molecule has 0 saturated heterocycles. The SMILES string of the molecule is C=C(CCO)C(=O)ON. The molecular weight excluding hydrogens is 122 g/mol. The summed E-state index contributed by atoms with van der Waals surface area (Å²) in [4.78, 5) is 14.2. The van der Waals surface area contributed by atoms with E-state index in [9.17, 15) is 4.79 Å². The average Bonchev–Trinajstić information content (AvgIpc) is 1.87. The molecule has 0 fully saturated rings. The van der Waals surface area contributed by atoms with E-state index >= 15 is 0 Å². The van der Waals surface area contributed by atoms with Crippen molar-refractivity contribution in [2.45, 2.75) is 6.42 Å². The van der Waals surface area contributed by atoms with Gasteiger partial charge in [-0.25, -0.2) is 4.79 Å². The highest BCUT2D eigenvalue weighted by molar-refractivity contribution is 5.87. The first kappa shape index (κ1) is 8.13. The maximum atomic E-state index is 10.3. The molecule has 0 atom stereocenters. The average molecular weight is 131 g/mol. The van der Waals surface area contributed by atoms with Gasteiger partial charge in [0.2, 0.25) is 0 Å². The van der Waals surface area contributed by atoms with E-state index in [2.05, 4.69) is 17.3 Å². The van der Waals surface area contributed by atoms with Crippen LogP contribution in [0.1, 0.15) is 6.42 Å². The second-order valence-corrected chi connectivity index (χ2v) is 1.48. The second kappa shape index (κ2) is 4.05. The molecule has 0 aromatic heterocycles. The first-order chi connectivity index (χ1) is 4.22. The fourth-order valence-corrected chi connectivity index (χ4v) is 0.320. The maximum Gasteiger partial charge on any atom is 0.351 e. The molecule has 4 nitrogen and oxygen atoms in total. The van der Waals surface area contributed by atoms with E-state index in [0.717, 1.165) is 0 Å². The van der Waals surface area contributed by atoms with Gasteiger partial charge in [0, 0.05) is 18.6 Å². The largest absolute Gasteiger partial charge is 0.396 e. The van der Waals surface area contributed by atoms with Crippen LogP contribution in [0.4, 0.5) is 0 Å². The number of carbonyl (C=O) groups excluding carboxylic acids is 1. The zero-order valence-corrected chi connectivity index (χ0v) is 4.96. The lowest BCUT2D eigenvalue weighted by Gasteiger charge is -1.97. The van der Waals surface area contributed by atoms with E-state index in [1.165, 1.54) is 0 Å². The zero-order valence-electron chi connectivity index (χ0n) is 4.96. The lowest BCUT2D eigenvalue weighted by Crippen LogP contribution is -2.12. The lowest BCUT2D eigenvalue weighted by atomic mass is 10.2. The highest BCUT2D eigenvalue weighted by Crippen LogP contribution is 1.96. The molecule has 0 rings (SSSR count). The van der Waals surface area contributed by atoms with Crippen molar-refractivity contribution < 1.29 is 14.7 Å². The van der Waals surface area contributed by atoms with E-state index in [0.29, 0.717) is 0 Å². The van der Waals surface area contributed by atoms with Gasteiger partial charge in [-0.1, -0.05) is 6.58 Å². The van der Waals surface area contributed by atoms with Gasteiger partial charge in [0.1, 0.15) is 0 Å². The van der Waals surface area contributed by atoms with Crippen LogP contribution in [0, 0.1) is 0 Å². The Morgan fingerprint density at radius 1 is 1.78 bits per heavy atom. The van der Waals surface area contributed by atoms with Gasteiger partial charge in [-0.05, 0) is 0 Å². The first-order valence-electron chi connectivity index (χ1n) is 2.42. The third kappa shape index (κ3) is 2.84. The van der Waals surface area contributed by atoms with Crippen molar-refractivity contribution in [2.75, 3.05) is 6.61 Å². The molecule has 0 aliphatic heterocycles. The number of carbonyl (C=O) groups is 1. The van der Waals surface area contributed by atoms with Crippen molar-refractivity contribution in [2.24, 2.45) is 5.90 Å². The molecule has 0 heterocycles. The Kier molecular flexibility index (Phi) is 3.66. The summed E-state index contributed by atoms with van der Waals surface area (Å²) in [6.45, 7) is 3.18. The topological polar surface area (TPSA) is 72.5 Å². The van der Waals surface area contributed by atoms with Gasteiger partial charge in [-0.3, -0.25) is 0 Å². The highest BCUT2D eigenvalue weighted by Gasteiger charge is 2.04. The smallest absolute Gasteiger partial charge is 0.351 e. The van der Waals surface area contributed by atoms with Crippen molar-refractivity contribution in [1.82, 2.24) is 0 Å². The van der Waals surface area contributed by atoms with Crippen LogP contribution >= 0.6 is 0 Å². The number of aliphatic hydroxyl groups is 1. The van der Waals surface area contributed by atoms with Gasteiger partial charge in [-0.2, -0.15) is 5.90 Å². The molecule has 0 aromatic rings. The van der Waals surface area contributed by atoms with E-state index in [-0.39, 0.29) is 18.6 Å². The number of aliphatic hydroxyl groups excluding tert-OH is 1. The summed E-state index contributed by atoms with van der Waals surface area (Å²) in [5.74, 6) is 3.83. The summed E-state index contributed by atoms with van der Waals surface area (Å²) >= 11 is 0. The minimum atomic E-state index is -0.677. The summed E-state index contributed by atoms with van der Waals surface area (Å²) in [5.41, 5.74) is 0.181. The van der Waals surface area contributed by atoms with Crippen molar-refractivity contribution in [1.29, 1.82) is 0 Å². The molecule has 0 saturated carbocycles. The highest BCUT2D eigenvalue weighted by atomic mass is 16.7. The van der Waals surface area contributed by atoms with Crippen LogP contribution in [0.5, 0.6) is 0 Å². The third-order valence-electron chi connectivity index (χ3n) is 0.809. The molecule has 0 amide bonds. The second-order valence-electron chi connectivity index (χ2n) is 1.48. The minimum Gasteiger partial charge on any atom is -0.396 e. The van der Waals surface area contributed by atoms with Crippen LogP contribution in [0.25, 0.3) is 0 Å². The summed E-state index contributed by atoms with van der Waals surface area (Å²) in [5, 5.41) is 8.27. The van der Waals surface area contributed by atoms with Gasteiger partial charge in [0.25, 0.3) is 0 Å². The normalized spacial score (nSPS) is 8.67. The molecule has 0 radical (unpaired) electrons. The van der Waals surface area contributed by atoms with Gasteiger partial charge >= 0.3 is 5.97 Å². The van der Waals surface area contributed by atoms with Crippen LogP contribution in [0.3, 0.4) is 0 Å². The molecule has 0 aromatic carbocycles. The molecule has 0 unspecified atom stereocenters. The number of hydrogen-bond donors (Lipinski definition) is 2. The Balaban J connectivity index is 3.60. The summed E-state index contributed by atoms with van der Waals surface area (Å²) < 4.78 is 0. The first-order valence-corrected chi connectivity index (χ1v) is 2.42. The Morgan fingerprint density at radius 3 is 2.67 bits per heavy atom. The third-order valence-corrected chi connectivity index (χ3v) is 0.809. The fourth-order valence-electron chi connectivity index (χ4n) is 0.320. The molecule has 0 spiro atoms. The van der Waals surface area contributed by atoms with E-state index in [1.54, 1.807) is 0 Å². The van der Waals surface area contributed by atoms with Crippen molar-refractivity contribution in [3.8, 4) is 0 Å². The number of hydrogen-bond acceptors (Lipinski definition) is 4. The molecule has 3 N–H and O–H groups in total. The van der Waals surface area contributed by atoms with Crippen LogP contribution in [-0.4, -0.2) is 17.7 Å². The molecule has 0 aliphatic carbocycles. The zero-order chi connectivity index (χ0) is 7.28. The summed E-state index contributed by atoms with van der Waals surface area (Å²) in [6.07, 6.45) is 0.204. The summed E-state index contributed by atoms with van der Waals surface area (Å²) in [6, 6.07) is 0. The Bertz CT molecular complexity index is 121.